The Morgan fingerprint density at radius 3 is 2.53 bits per heavy atom. The Labute approximate surface area is 113 Å². The fourth-order valence-electron chi connectivity index (χ4n) is 2.51. The van der Waals surface area contributed by atoms with Crippen LogP contribution in [0.5, 0.6) is 0 Å². The van der Waals surface area contributed by atoms with Gasteiger partial charge in [-0.1, -0.05) is 6.92 Å². The zero-order valence-electron chi connectivity index (χ0n) is 11.9. The van der Waals surface area contributed by atoms with Crippen LogP contribution in [0.1, 0.15) is 26.7 Å². The zero-order chi connectivity index (χ0) is 14.5. The Balaban J connectivity index is 2.80. The summed E-state index contributed by atoms with van der Waals surface area (Å²) in [7, 11) is 1.61. The predicted molar refractivity (Wildman–Crippen MR) is 69.3 cm³/mol. The Morgan fingerprint density at radius 2 is 2.11 bits per heavy atom. The topological polar surface area (TPSA) is 41.6 Å². The van der Waals surface area contributed by atoms with Crippen molar-refractivity contribution in [3.8, 4) is 0 Å². The second kappa shape index (κ2) is 7.14. The Hall–Kier alpha value is -0.750. The number of carbonyl (C=O) groups is 1. The van der Waals surface area contributed by atoms with E-state index in [9.17, 15) is 13.6 Å². The number of nitrogens with one attached hydrogen (secondary N) is 1. The number of hydrogen-bond acceptors (Lipinski definition) is 4. The van der Waals surface area contributed by atoms with E-state index < -0.39 is 12.0 Å². The second-order valence-corrected chi connectivity index (χ2v) is 5.08. The number of hydrogen-bond donors (Lipinski definition) is 1. The first-order chi connectivity index (χ1) is 8.96. The minimum absolute atomic E-state index is 0.187. The Bertz CT molecular complexity index is 298. The number of carbonyl (C=O) groups excluding carboxylic acids is 1. The van der Waals surface area contributed by atoms with Gasteiger partial charge in [0.05, 0.1) is 13.2 Å². The molecule has 0 saturated heterocycles. The number of rotatable bonds is 9. The molecule has 1 N–H and O–H groups in total. The highest BCUT2D eigenvalue weighted by Crippen LogP contribution is 2.41. The van der Waals surface area contributed by atoms with E-state index in [0.717, 1.165) is 12.8 Å². The van der Waals surface area contributed by atoms with Gasteiger partial charge >= 0.3 is 5.97 Å². The van der Waals surface area contributed by atoms with Gasteiger partial charge in [0.25, 0.3) is 6.43 Å². The highest BCUT2D eigenvalue weighted by atomic mass is 19.3. The van der Waals surface area contributed by atoms with Crippen molar-refractivity contribution < 1.29 is 18.3 Å². The quantitative estimate of drug-likeness (QED) is 0.649. The first kappa shape index (κ1) is 16.3. The SMILES string of the molecule is CCNC(CN(C)CC(F)F)(C(=O)OCC)C1CC1. The summed E-state index contributed by atoms with van der Waals surface area (Å²) in [5, 5.41) is 3.19. The van der Waals surface area contributed by atoms with Crippen molar-refractivity contribution in [2.24, 2.45) is 5.92 Å². The largest absolute Gasteiger partial charge is 0.465 e. The molecule has 0 spiro atoms. The van der Waals surface area contributed by atoms with Crippen LogP contribution in [-0.4, -0.2) is 56.1 Å². The van der Waals surface area contributed by atoms with Gasteiger partial charge in [-0.3, -0.25) is 4.90 Å². The van der Waals surface area contributed by atoms with Gasteiger partial charge in [0.1, 0.15) is 5.54 Å². The van der Waals surface area contributed by atoms with Crippen LogP contribution in [0, 0.1) is 5.92 Å². The van der Waals surface area contributed by atoms with Crippen molar-refractivity contribution in [2.45, 2.75) is 38.7 Å². The van der Waals surface area contributed by atoms with Crippen molar-refractivity contribution in [3.05, 3.63) is 0 Å². The molecule has 1 rings (SSSR count). The minimum atomic E-state index is -2.40. The van der Waals surface area contributed by atoms with Crippen molar-refractivity contribution in [1.82, 2.24) is 10.2 Å². The maximum atomic E-state index is 12.4. The molecule has 0 heterocycles. The standard InChI is InChI=1S/C13H24F2N2O2/c1-4-16-13(10-6-7-10,12(18)19-5-2)9-17(3)8-11(14)15/h10-11,16H,4-9H2,1-3H3. The molecule has 1 aliphatic carbocycles. The molecule has 19 heavy (non-hydrogen) atoms. The first-order valence-electron chi connectivity index (χ1n) is 6.85. The van der Waals surface area contributed by atoms with Crippen LogP contribution >= 0.6 is 0 Å². The van der Waals surface area contributed by atoms with E-state index in [1.807, 2.05) is 6.92 Å². The Kier molecular flexibility index (Phi) is 6.13. The monoisotopic (exact) mass is 278 g/mol. The van der Waals surface area contributed by atoms with E-state index in [2.05, 4.69) is 5.32 Å². The van der Waals surface area contributed by atoms with E-state index in [-0.39, 0.29) is 25.0 Å². The normalized spacial score (nSPS) is 18.7. The number of likely N-dealkylation sites (N-methyl/N-ethyl adjacent to an activating group) is 2. The Morgan fingerprint density at radius 1 is 1.47 bits per heavy atom. The van der Waals surface area contributed by atoms with Crippen LogP contribution in [-0.2, 0) is 9.53 Å². The van der Waals surface area contributed by atoms with Gasteiger partial charge in [-0.15, -0.1) is 0 Å². The van der Waals surface area contributed by atoms with E-state index in [0.29, 0.717) is 13.2 Å². The average molecular weight is 278 g/mol. The lowest BCUT2D eigenvalue weighted by molar-refractivity contribution is -0.153. The third-order valence-electron chi connectivity index (χ3n) is 3.38. The molecule has 6 heteroatoms. The summed E-state index contributed by atoms with van der Waals surface area (Å²) >= 11 is 0. The van der Waals surface area contributed by atoms with Crippen molar-refractivity contribution in [1.29, 1.82) is 0 Å². The van der Waals surface area contributed by atoms with E-state index >= 15 is 0 Å². The summed E-state index contributed by atoms with van der Waals surface area (Å²) in [5.74, 6) is -0.132. The van der Waals surface area contributed by atoms with Gasteiger partial charge < -0.3 is 10.1 Å². The second-order valence-electron chi connectivity index (χ2n) is 5.08. The molecular formula is C13H24F2N2O2. The summed E-state index contributed by atoms with van der Waals surface area (Å²) in [6, 6.07) is 0. The summed E-state index contributed by atoms with van der Waals surface area (Å²) in [6.07, 6.45) is -0.520. The lowest BCUT2D eigenvalue weighted by atomic mass is 9.92. The molecule has 0 aliphatic heterocycles. The molecule has 0 radical (unpaired) electrons. The summed E-state index contributed by atoms with van der Waals surface area (Å²) in [5.41, 5.74) is -0.839. The fraction of sp³-hybridized carbons (Fsp3) is 0.923. The molecule has 0 aromatic heterocycles. The van der Waals surface area contributed by atoms with Crippen LogP contribution in [0.3, 0.4) is 0 Å². The van der Waals surface area contributed by atoms with Gasteiger partial charge in [0, 0.05) is 6.54 Å². The highest BCUT2D eigenvalue weighted by Gasteiger charge is 2.52. The van der Waals surface area contributed by atoms with Crippen molar-refractivity contribution in [3.63, 3.8) is 0 Å². The molecule has 1 fully saturated rings. The van der Waals surface area contributed by atoms with Crippen LogP contribution < -0.4 is 5.32 Å². The number of ether oxygens (including phenoxy) is 1. The fourth-order valence-corrected chi connectivity index (χ4v) is 2.51. The lowest BCUT2D eigenvalue weighted by Crippen LogP contribution is -2.61. The molecule has 4 nitrogen and oxygen atoms in total. The van der Waals surface area contributed by atoms with E-state index in [4.69, 9.17) is 4.74 Å². The van der Waals surface area contributed by atoms with Gasteiger partial charge in [0.2, 0.25) is 0 Å². The zero-order valence-corrected chi connectivity index (χ0v) is 11.9. The average Bonchev–Trinajstić information content (AvgIpc) is 3.11. The molecule has 1 saturated carbocycles. The van der Waals surface area contributed by atoms with Crippen LogP contribution in [0.4, 0.5) is 8.78 Å². The predicted octanol–water partition coefficient (Wildman–Crippen LogP) is 1.50. The number of halogens is 2. The van der Waals surface area contributed by atoms with Crippen LogP contribution in [0.15, 0.2) is 0 Å². The van der Waals surface area contributed by atoms with Gasteiger partial charge in [-0.05, 0) is 39.3 Å². The number of nitrogens with zero attached hydrogens (tertiary/aromatic N) is 1. The van der Waals surface area contributed by atoms with Crippen molar-refractivity contribution in [2.75, 3.05) is 33.3 Å². The molecule has 112 valence electrons. The van der Waals surface area contributed by atoms with Gasteiger partial charge in [-0.25, -0.2) is 13.6 Å². The molecule has 0 amide bonds. The first-order valence-corrected chi connectivity index (χ1v) is 6.85. The summed E-state index contributed by atoms with van der Waals surface area (Å²) in [4.78, 5) is 13.8. The highest BCUT2D eigenvalue weighted by molar-refractivity contribution is 5.82. The number of esters is 1. The third kappa shape index (κ3) is 4.38. The summed E-state index contributed by atoms with van der Waals surface area (Å²) < 4.78 is 30.0. The molecular weight excluding hydrogens is 254 g/mol. The van der Waals surface area contributed by atoms with E-state index in [1.165, 1.54) is 4.90 Å². The van der Waals surface area contributed by atoms with Crippen LogP contribution in [0.2, 0.25) is 0 Å². The third-order valence-corrected chi connectivity index (χ3v) is 3.38. The van der Waals surface area contributed by atoms with Gasteiger partial charge in [0.15, 0.2) is 0 Å². The maximum absolute atomic E-state index is 12.4. The molecule has 1 unspecified atom stereocenters. The lowest BCUT2D eigenvalue weighted by Gasteiger charge is -2.36. The smallest absolute Gasteiger partial charge is 0.327 e. The van der Waals surface area contributed by atoms with Gasteiger partial charge in [-0.2, -0.15) is 0 Å². The molecule has 0 aromatic rings. The minimum Gasteiger partial charge on any atom is -0.465 e. The van der Waals surface area contributed by atoms with Crippen molar-refractivity contribution >= 4 is 5.97 Å². The summed E-state index contributed by atoms with van der Waals surface area (Å²) in [6.45, 7) is 4.50. The van der Waals surface area contributed by atoms with Crippen LogP contribution in [0.25, 0.3) is 0 Å². The maximum Gasteiger partial charge on any atom is 0.327 e. The number of alkyl halides is 2. The molecule has 0 aromatic carbocycles. The molecule has 0 bridgehead atoms. The molecule has 1 atom stereocenters. The van der Waals surface area contributed by atoms with E-state index in [1.54, 1.807) is 14.0 Å². The molecule has 1 aliphatic rings.